The number of rotatable bonds is 5. The van der Waals surface area contributed by atoms with E-state index in [-0.39, 0.29) is 23.8 Å². The Labute approximate surface area is 171 Å². The van der Waals surface area contributed by atoms with Crippen LogP contribution in [0.4, 0.5) is 11.4 Å². The first-order chi connectivity index (χ1) is 13.4. The Morgan fingerprint density at radius 2 is 1.75 bits per heavy atom. The van der Waals surface area contributed by atoms with Crippen molar-refractivity contribution in [1.82, 2.24) is 4.90 Å². The lowest BCUT2D eigenvalue weighted by Gasteiger charge is -2.34. The van der Waals surface area contributed by atoms with Gasteiger partial charge >= 0.3 is 0 Å². The van der Waals surface area contributed by atoms with Gasteiger partial charge in [0.05, 0.1) is 6.04 Å². The summed E-state index contributed by atoms with van der Waals surface area (Å²) in [5, 5.41) is 6.54. The van der Waals surface area contributed by atoms with Gasteiger partial charge in [-0.15, -0.1) is 0 Å². The molecule has 2 aromatic rings. The average molecular weight is 400 g/mol. The number of piperidine rings is 1. The number of likely N-dealkylation sites (tertiary alicyclic amines) is 1. The second kappa shape index (κ2) is 9.22. The fraction of sp³-hybridized carbons (Fsp3) is 0.364. The van der Waals surface area contributed by atoms with Crippen molar-refractivity contribution in [1.29, 1.82) is 0 Å². The van der Waals surface area contributed by atoms with Crippen LogP contribution < -0.4 is 10.6 Å². The molecule has 1 saturated heterocycles. The van der Waals surface area contributed by atoms with Gasteiger partial charge in [-0.05, 0) is 69.6 Å². The minimum absolute atomic E-state index is 0.0260. The molecule has 28 heavy (non-hydrogen) atoms. The summed E-state index contributed by atoms with van der Waals surface area (Å²) >= 11 is 6.03. The number of amides is 2. The Morgan fingerprint density at radius 1 is 1.07 bits per heavy atom. The van der Waals surface area contributed by atoms with Crippen LogP contribution in [0.1, 0.15) is 25.3 Å². The lowest BCUT2D eigenvalue weighted by Crippen LogP contribution is -2.47. The maximum absolute atomic E-state index is 12.7. The second-order valence-electron chi connectivity index (χ2n) is 7.29. The van der Waals surface area contributed by atoms with Crippen LogP contribution in [0.3, 0.4) is 0 Å². The monoisotopic (exact) mass is 399 g/mol. The molecule has 1 fully saturated rings. The number of halogens is 1. The zero-order valence-electron chi connectivity index (χ0n) is 16.2. The van der Waals surface area contributed by atoms with Gasteiger partial charge in [0, 0.05) is 22.3 Å². The predicted octanol–water partition coefficient (Wildman–Crippen LogP) is 4.33. The van der Waals surface area contributed by atoms with Crippen molar-refractivity contribution in [2.24, 2.45) is 5.92 Å². The van der Waals surface area contributed by atoms with E-state index in [2.05, 4.69) is 15.5 Å². The summed E-state index contributed by atoms with van der Waals surface area (Å²) in [6.45, 7) is 5.28. The van der Waals surface area contributed by atoms with Crippen LogP contribution >= 0.6 is 11.6 Å². The summed E-state index contributed by atoms with van der Waals surface area (Å²) < 4.78 is 0. The van der Waals surface area contributed by atoms with Crippen molar-refractivity contribution in [2.75, 3.05) is 23.7 Å². The lowest BCUT2D eigenvalue weighted by atomic mass is 9.94. The molecule has 0 aromatic heterocycles. The van der Waals surface area contributed by atoms with Gasteiger partial charge in [-0.1, -0.05) is 35.9 Å². The lowest BCUT2D eigenvalue weighted by molar-refractivity contribution is -0.123. The number of nitrogens with one attached hydrogen (secondary N) is 2. The Balaban J connectivity index is 1.51. The van der Waals surface area contributed by atoms with Gasteiger partial charge in [-0.3, -0.25) is 14.5 Å². The van der Waals surface area contributed by atoms with Crippen molar-refractivity contribution < 1.29 is 9.59 Å². The summed E-state index contributed by atoms with van der Waals surface area (Å²) in [5.41, 5.74) is 2.53. The van der Waals surface area contributed by atoms with E-state index in [0.29, 0.717) is 5.02 Å². The number of anilines is 2. The van der Waals surface area contributed by atoms with Crippen LogP contribution in [0.5, 0.6) is 0 Å². The SMILES string of the molecule is Cc1ccc(Cl)cc1NC(=O)[C@H](C)N1CCC(C(=O)Nc2ccccc2)CC1. The van der Waals surface area contributed by atoms with Gasteiger partial charge in [0.15, 0.2) is 0 Å². The van der Waals surface area contributed by atoms with E-state index in [0.717, 1.165) is 42.9 Å². The number of carbonyl (C=O) groups is 2. The van der Waals surface area contributed by atoms with E-state index in [1.54, 1.807) is 12.1 Å². The molecule has 0 aliphatic carbocycles. The van der Waals surface area contributed by atoms with Crippen molar-refractivity contribution in [3.8, 4) is 0 Å². The zero-order valence-corrected chi connectivity index (χ0v) is 17.0. The Bertz CT molecular complexity index is 833. The third kappa shape index (κ3) is 5.12. The minimum atomic E-state index is -0.267. The molecule has 0 bridgehead atoms. The fourth-order valence-corrected chi connectivity index (χ4v) is 3.62. The van der Waals surface area contributed by atoms with Gasteiger partial charge in [0.25, 0.3) is 0 Å². The van der Waals surface area contributed by atoms with E-state index >= 15 is 0 Å². The molecule has 3 rings (SSSR count). The molecule has 1 heterocycles. The van der Waals surface area contributed by atoms with Crippen LogP contribution in [0.15, 0.2) is 48.5 Å². The standard InChI is InChI=1S/C22H26ClN3O2/c1-15-8-9-18(23)14-20(15)25-21(27)16(2)26-12-10-17(11-13-26)22(28)24-19-6-4-3-5-7-19/h3-9,14,16-17H,10-13H2,1-2H3,(H,24,28)(H,25,27)/t16-/m0/s1. The Hall–Kier alpha value is -2.37. The number of carbonyl (C=O) groups excluding carboxylic acids is 2. The van der Waals surface area contributed by atoms with Gasteiger partial charge in [0.2, 0.25) is 11.8 Å². The topological polar surface area (TPSA) is 61.4 Å². The summed E-state index contributed by atoms with van der Waals surface area (Å²) in [4.78, 5) is 27.3. The number of nitrogens with zero attached hydrogens (tertiary/aromatic N) is 1. The first kappa shape index (κ1) is 20.4. The van der Waals surface area contributed by atoms with Crippen LogP contribution in [0.2, 0.25) is 5.02 Å². The molecule has 0 saturated carbocycles. The van der Waals surface area contributed by atoms with E-state index < -0.39 is 0 Å². The summed E-state index contributed by atoms with van der Waals surface area (Å²) in [5.74, 6) is -0.0306. The summed E-state index contributed by atoms with van der Waals surface area (Å²) in [6.07, 6.45) is 1.49. The third-order valence-electron chi connectivity index (χ3n) is 5.33. The van der Waals surface area contributed by atoms with Crippen LogP contribution in [-0.4, -0.2) is 35.8 Å². The van der Waals surface area contributed by atoms with Crippen LogP contribution in [0.25, 0.3) is 0 Å². The number of aryl methyl sites for hydroxylation is 1. The predicted molar refractivity (Wildman–Crippen MR) is 114 cm³/mol. The molecule has 0 spiro atoms. The highest BCUT2D eigenvalue weighted by molar-refractivity contribution is 6.31. The molecule has 0 radical (unpaired) electrons. The molecule has 1 aliphatic heterocycles. The zero-order chi connectivity index (χ0) is 20.1. The molecule has 2 aromatic carbocycles. The average Bonchev–Trinajstić information content (AvgIpc) is 2.71. The summed E-state index contributed by atoms with van der Waals surface area (Å²) in [7, 11) is 0. The first-order valence-electron chi connectivity index (χ1n) is 9.61. The van der Waals surface area contributed by atoms with Crippen molar-refractivity contribution >= 4 is 34.8 Å². The molecule has 2 amide bonds. The molecule has 2 N–H and O–H groups in total. The molecule has 1 atom stereocenters. The third-order valence-corrected chi connectivity index (χ3v) is 5.56. The van der Waals surface area contributed by atoms with Crippen molar-refractivity contribution in [2.45, 2.75) is 32.7 Å². The molecular weight excluding hydrogens is 374 g/mol. The highest BCUT2D eigenvalue weighted by Crippen LogP contribution is 2.23. The summed E-state index contributed by atoms with van der Waals surface area (Å²) in [6, 6.07) is 14.7. The molecule has 1 aliphatic rings. The van der Waals surface area contributed by atoms with Crippen molar-refractivity contribution in [3.63, 3.8) is 0 Å². The van der Waals surface area contributed by atoms with Crippen LogP contribution in [-0.2, 0) is 9.59 Å². The molecular formula is C22H26ClN3O2. The van der Waals surface area contributed by atoms with Gasteiger partial charge in [-0.25, -0.2) is 0 Å². The van der Waals surface area contributed by atoms with E-state index in [1.165, 1.54) is 0 Å². The maximum atomic E-state index is 12.7. The normalized spacial score (nSPS) is 16.4. The number of hydrogen-bond acceptors (Lipinski definition) is 3. The van der Waals surface area contributed by atoms with E-state index in [9.17, 15) is 9.59 Å². The van der Waals surface area contributed by atoms with Crippen molar-refractivity contribution in [3.05, 3.63) is 59.1 Å². The largest absolute Gasteiger partial charge is 0.326 e. The molecule has 6 heteroatoms. The van der Waals surface area contributed by atoms with Gasteiger partial charge in [-0.2, -0.15) is 0 Å². The van der Waals surface area contributed by atoms with Crippen LogP contribution in [0, 0.1) is 12.8 Å². The Morgan fingerprint density at radius 3 is 2.43 bits per heavy atom. The molecule has 148 valence electrons. The molecule has 5 nitrogen and oxygen atoms in total. The van der Waals surface area contributed by atoms with Gasteiger partial charge < -0.3 is 10.6 Å². The second-order valence-corrected chi connectivity index (χ2v) is 7.73. The number of para-hydroxylation sites is 1. The smallest absolute Gasteiger partial charge is 0.241 e. The highest BCUT2D eigenvalue weighted by atomic mass is 35.5. The first-order valence-corrected chi connectivity index (χ1v) is 9.99. The highest BCUT2D eigenvalue weighted by Gasteiger charge is 2.30. The van der Waals surface area contributed by atoms with E-state index in [4.69, 9.17) is 11.6 Å². The number of benzene rings is 2. The minimum Gasteiger partial charge on any atom is -0.326 e. The molecule has 0 unspecified atom stereocenters. The number of hydrogen-bond donors (Lipinski definition) is 2. The van der Waals surface area contributed by atoms with E-state index in [1.807, 2.05) is 50.2 Å². The van der Waals surface area contributed by atoms with Gasteiger partial charge in [0.1, 0.15) is 0 Å². The fourth-order valence-electron chi connectivity index (χ4n) is 3.45. The maximum Gasteiger partial charge on any atom is 0.241 e. The quantitative estimate of drug-likeness (QED) is 0.786. The Kier molecular flexibility index (Phi) is 6.70.